The molecular weight excluding hydrogens is 358 g/mol. The van der Waals surface area contributed by atoms with Gasteiger partial charge in [-0.05, 0) is 62.4 Å². The lowest BCUT2D eigenvalue weighted by molar-refractivity contribution is 0.856. The molecule has 1 saturated heterocycles. The first-order valence-corrected chi connectivity index (χ1v) is 10.5. The fourth-order valence-electron chi connectivity index (χ4n) is 3.75. The van der Waals surface area contributed by atoms with Crippen molar-refractivity contribution in [2.24, 2.45) is 0 Å². The van der Waals surface area contributed by atoms with E-state index in [9.17, 15) is 0 Å². The first kappa shape index (κ1) is 19.2. The van der Waals surface area contributed by atoms with Gasteiger partial charge in [0.05, 0.1) is 0 Å². The van der Waals surface area contributed by atoms with Gasteiger partial charge in [0.1, 0.15) is 17.5 Å². The summed E-state index contributed by atoms with van der Waals surface area (Å²) < 4.78 is 0. The maximum Gasteiger partial charge on any atom is 0.136 e. The lowest BCUT2D eigenvalue weighted by Gasteiger charge is -2.18. The molecule has 1 aliphatic rings. The molecule has 5 heteroatoms. The predicted molar refractivity (Wildman–Crippen MR) is 121 cm³/mol. The van der Waals surface area contributed by atoms with Crippen molar-refractivity contribution in [1.29, 1.82) is 0 Å². The predicted octanol–water partition coefficient (Wildman–Crippen LogP) is 5.17. The highest BCUT2D eigenvalue weighted by atomic mass is 15.1. The Labute approximate surface area is 173 Å². The smallest absolute Gasteiger partial charge is 0.136 e. The van der Waals surface area contributed by atoms with E-state index in [0.29, 0.717) is 0 Å². The summed E-state index contributed by atoms with van der Waals surface area (Å²) in [5.41, 5.74) is 3.71. The van der Waals surface area contributed by atoms with Crippen LogP contribution in [0, 0.1) is 6.92 Å². The summed E-state index contributed by atoms with van der Waals surface area (Å²) in [7, 11) is 0. The van der Waals surface area contributed by atoms with E-state index in [1.807, 2.05) is 13.0 Å². The Morgan fingerprint density at radius 3 is 2.38 bits per heavy atom. The van der Waals surface area contributed by atoms with Crippen molar-refractivity contribution in [2.45, 2.75) is 32.6 Å². The highest BCUT2D eigenvalue weighted by molar-refractivity contribution is 5.62. The molecule has 150 valence electrons. The Balaban J connectivity index is 1.32. The Morgan fingerprint density at radius 2 is 1.62 bits per heavy atom. The standard InChI is InChI=1S/C24H29N5/c1-19-26-23(25-15-7-10-20-8-3-2-4-9-20)18-24(27-19)28-21-11-13-22(14-12-21)29-16-5-6-17-29/h2-4,8-9,11-14,18H,5-7,10,15-17H2,1H3,(H2,25,26,27,28). The molecule has 0 saturated carbocycles. The highest BCUT2D eigenvalue weighted by Crippen LogP contribution is 2.24. The molecule has 0 atom stereocenters. The zero-order valence-corrected chi connectivity index (χ0v) is 17.1. The number of anilines is 4. The molecule has 0 spiro atoms. The van der Waals surface area contributed by atoms with Gasteiger partial charge in [-0.3, -0.25) is 0 Å². The van der Waals surface area contributed by atoms with Gasteiger partial charge in [0.2, 0.25) is 0 Å². The average Bonchev–Trinajstić information content (AvgIpc) is 3.27. The minimum absolute atomic E-state index is 0.759. The molecule has 0 amide bonds. The van der Waals surface area contributed by atoms with Crippen LogP contribution in [0.3, 0.4) is 0 Å². The third-order valence-corrected chi connectivity index (χ3v) is 5.24. The van der Waals surface area contributed by atoms with Crippen LogP contribution in [0.2, 0.25) is 0 Å². The molecule has 1 aromatic heterocycles. The number of nitrogens with one attached hydrogen (secondary N) is 2. The van der Waals surface area contributed by atoms with Gasteiger partial charge in [0.25, 0.3) is 0 Å². The summed E-state index contributed by atoms with van der Waals surface area (Å²) in [5.74, 6) is 2.44. The maximum absolute atomic E-state index is 4.53. The number of aromatic nitrogens is 2. The van der Waals surface area contributed by atoms with Crippen molar-refractivity contribution in [3.8, 4) is 0 Å². The molecule has 0 bridgehead atoms. The van der Waals surface area contributed by atoms with E-state index >= 15 is 0 Å². The Hall–Kier alpha value is -3.08. The van der Waals surface area contributed by atoms with Gasteiger partial charge in [0.15, 0.2) is 0 Å². The third-order valence-electron chi connectivity index (χ3n) is 5.24. The van der Waals surface area contributed by atoms with Crippen molar-refractivity contribution < 1.29 is 0 Å². The number of hydrogen-bond donors (Lipinski definition) is 2. The number of benzene rings is 2. The maximum atomic E-state index is 4.53. The first-order valence-electron chi connectivity index (χ1n) is 10.5. The summed E-state index contributed by atoms with van der Waals surface area (Å²) in [4.78, 5) is 11.5. The van der Waals surface area contributed by atoms with E-state index in [1.54, 1.807) is 0 Å². The van der Waals surface area contributed by atoms with Gasteiger partial charge >= 0.3 is 0 Å². The fourth-order valence-corrected chi connectivity index (χ4v) is 3.75. The van der Waals surface area contributed by atoms with E-state index in [1.165, 1.54) is 24.1 Å². The minimum Gasteiger partial charge on any atom is -0.372 e. The molecule has 0 radical (unpaired) electrons. The lowest BCUT2D eigenvalue weighted by Crippen LogP contribution is -2.17. The molecule has 4 rings (SSSR count). The second kappa shape index (κ2) is 9.41. The summed E-state index contributed by atoms with van der Waals surface area (Å²) in [6, 6.07) is 21.2. The third kappa shape index (κ3) is 5.47. The molecule has 2 N–H and O–H groups in total. The summed E-state index contributed by atoms with van der Waals surface area (Å²) in [5, 5.41) is 6.84. The Morgan fingerprint density at radius 1 is 0.897 bits per heavy atom. The molecule has 0 unspecified atom stereocenters. The number of nitrogens with zero attached hydrogens (tertiary/aromatic N) is 3. The van der Waals surface area contributed by atoms with Crippen LogP contribution in [0.15, 0.2) is 60.7 Å². The zero-order valence-electron chi connectivity index (χ0n) is 17.1. The van der Waals surface area contributed by atoms with Crippen LogP contribution in [0.1, 0.15) is 30.7 Å². The van der Waals surface area contributed by atoms with Crippen LogP contribution in [0.25, 0.3) is 0 Å². The Bertz CT molecular complexity index is 902. The van der Waals surface area contributed by atoms with Crippen LogP contribution in [0.4, 0.5) is 23.0 Å². The van der Waals surface area contributed by atoms with E-state index < -0.39 is 0 Å². The average molecular weight is 388 g/mol. The van der Waals surface area contributed by atoms with E-state index in [-0.39, 0.29) is 0 Å². The van der Waals surface area contributed by atoms with Gasteiger partial charge in [-0.25, -0.2) is 9.97 Å². The second-order valence-corrected chi connectivity index (χ2v) is 7.57. The SMILES string of the molecule is Cc1nc(NCCCc2ccccc2)cc(Nc2ccc(N3CCCC3)cc2)n1. The Kier molecular flexibility index (Phi) is 6.25. The summed E-state index contributed by atoms with van der Waals surface area (Å²) in [6.45, 7) is 5.14. The van der Waals surface area contributed by atoms with Crippen molar-refractivity contribution in [1.82, 2.24) is 9.97 Å². The summed E-state index contributed by atoms with van der Waals surface area (Å²) in [6.07, 6.45) is 4.71. The summed E-state index contributed by atoms with van der Waals surface area (Å²) >= 11 is 0. The largest absolute Gasteiger partial charge is 0.372 e. The van der Waals surface area contributed by atoms with Crippen molar-refractivity contribution in [3.05, 3.63) is 72.1 Å². The van der Waals surface area contributed by atoms with Crippen molar-refractivity contribution in [3.63, 3.8) is 0 Å². The number of rotatable bonds is 8. The topological polar surface area (TPSA) is 53.1 Å². The van der Waals surface area contributed by atoms with Gasteiger partial charge in [-0.2, -0.15) is 0 Å². The molecule has 2 heterocycles. The molecule has 1 aliphatic heterocycles. The first-order chi connectivity index (χ1) is 14.3. The monoisotopic (exact) mass is 387 g/mol. The van der Waals surface area contributed by atoms with Crippen LogP contribution in [0.5, 0.6) is 0 Å². The number of hydrogen-bond acceptors (Lipinski definition) is 5. The minimum atomic E-state index is 0.759. The molecule has 5 nitrogen and oxygen atoms in total. The van der Waals surface area contributed by atoms with Gasteiger partial charge in [0, 0.05) is 37.1 Å². The zero-order chi connectivity index (χ0) is 19.9. The number of aryl methyl sites for hydroxylation is 2. The lowest BCUT2D eigenvalue weighted by atomic mass is 10.1. The van der Waals surface area contributed by atoms with E-state index in [0.717, 1.165) is 55.6 Å². The molecule has 0 aliphatic carbocycles. The van der Waals surface area contributed by atoms with Gasteiger partial charge in [-0.15, -0.1) is 0 Å². The fraction of sp³-hybridized carbons (Fsp3) is 0.333. The van der Waals surface area contributed by atoms with Crippen molar-refractivity contribution in [2.75, 3.05) is 35.2 Å². The molecule has 2 aromatic carbocycles. The van der Waals surface area contributed by atoms with Crippen LogP contribution in [-0.2, 0) is 6.42 Å². The van der Waals surface area contributed by atoms with Crippen molar-refractivity contribution >= 4 is 23.0 Å². The molecule has 29 heavy (non-hydrogen) atoms. The van der Waals surface area contributed by atoms with Crippen LogP contribution < -0.4 is 15.5 Å². The van der Waals surface area contributed by atoms with Crippen LogP contribution in [-0.4, -0.2) is 29.6 Å². The van der Waals surface area contributed by atoms with E-state index in [4.69, 9.17) is 0 Å². The normalized spacial score (nSPS) is 13.5. The van der Waals surface area contributed by atoms with Gasteiger partial charge < -0.3 is 15.5 Å². The van der Waals surface area contributed by atoms with Crippen LogP contribution >= 0.6 is 0 Å². The quantitative estimate of drug-likeness (QED) is 0.522. The van der Waals surface area contributed by atoms with E-state index in [2.05, 4.69) is 80.1 Å². The molecular formula is C24H29N5. The van der Waals surface area contributed by atoms with Gasteiger partial charge in [-0.1, -0.05) is 30.3 Å². The molecule has 3 aromatic rings. The second-order valence-electron chi connectivity index (χ2n) is 7.57. The highest BCUT2D eigenvalue weighted by Gasteiger charge is 2.12. The molecule has 1 fully saturated rings.